The van der Waals surface area contributed by atoms with Crippen LogP contribution in [0.2, 0.25) is 0 Å². The summed E-state index contributed by atoms with van der Waals surface area (Å²) in [4.78, 5) is 41.0. The molecule has 16 unspecified atom stereocenters. The van der Waals surface area contributed by atoms with E-state index in [1.54, 1.807) is 32.9 Å². The summed E-state index contributed by atoms with van der Waals surface area (Å²) in [6.45, 7) is 6.47. The second-order valence-corrected chi connectivity index (χ2v) is 15.0. The van der Waals surface area contributed by atoms with Crippen LogP contribution in [0.15, 0.2) is 24.0 Å². The fraction of sp³-hybridized carbons (Fsp3) is 0.788. The maximum absolute atomic E-state index is 13.8. The Bertz CT molecular complexity index is 1490. The minimum absolute atomic E-state index is 0.192. The summed E-state index contributed by atoms with van der Waals surface area (Å²) < 4.78 is 48.4. The number of hydrogen-bond donors (Lipinski definition) is 3. The van der Waals surface area contributed by atoms with Crippen LogP contribution in [-0.4, -0.2) is 120 Å². The summed E-state index contributed by atoms with van der Waals surface area (Å²) in [5.74, 6) is -4.67. The third-order valence-corrected chi connectivity index (χ3v) is 13.8. The first-order chi connectivity index (χ1) is 22.2. The Morgan fingerprint density at radius 1 is 1.02 bits per heavy atom. The van der Waals surface area contributed by atoms with E-state index in [1.807, 2.05) is 6.92 Å². The summed E-state index contributed by atoms with van der Waals surface area (Å²) >= 11 is 0. The second kappa shape index (κ2) is 9.55. The van der Waals surface area contributed by atoms with Gasteiger partial charge >= 0.3 is 17.9 Å². The molecule has 258 valence electrons. The first kappa shape index (κ1) is 31.7. The second-order valence-electron chi connectivity index (χ2n) is 15.0. The third kappa shape index (κ3) is 3.20. The fourth-order valence-electron chi connectivity index (χ4n) is 11.7. The van der Waals surface area contributed by atoms with Gasteiger partial charge in [0.05, 0.1) is 58.1 Å². The van der Waals surface area contributed by atoms with Crippen molar-refractivity contribution in [2.75, 3.05) is 27.4 Å². The minimum Gasteiger partial charge on any atom is -0.469 e. The summed E-state index contributed by atoms with van der Waals surface area (Å²) in [7, 11) is 2.44. The molecule has 4 saturated heterocycles. The number of methoxy groups -OCH3 is 2. The average Bonchev–Trinajstić information content (AvgIpc) is 3.49. The Kier molecular flexibility index (Phi) is 6.44. The Balaban J connectivity index is 1.36. The van der Waals surface area contributed by atoms with Crippen molar-refractivity contribution in [1.82, 2.24) is 0 Å². The van der Waals surface area contributed by atoms with Crippen molar-refractivity contribution >= 4 is 17.9 Å². The fourth-order valence-corrected chi connectivity index (χ4v) is 11.7. The molecule has 14 heteroatoms. The van der Waals surface area contributed by atoms with Crippen LogP contribution in [0.3, 0.4) is 0 Å². The van der Waals surface area contributed by atoms with E-state index in [4.69, 9.17) is 37.9 Å². The van der Waals surface area contributed by atoms with Gasteiger partial charge in [-0.3, -0.25) is 4.79 Å². The molecule has 3 saturated carbocycles. The molecular weight excluding hydrogens is 620 g/mol. The summed E-state index contributed by atoms with van der Waals surface area (Å²) in [6, 6.07) is 0. The number of aliphatic hydroxyl groups is 3. The van der Waals surface area contributed by atoms with Gasteiger partial charge in [0.25, 0.3) is 0 Å². The first-order valence-electron chi connectivity index (χ1n) is 16.2. The molecule has 16 atom stereocenters. The molecule has 0 aromatic heterocycles. The van der Waals surface area contributed by atoms with E-state index in [1.165, 1.54) is 20.5 Å². The van der Waals surface area contributed by atoms with E-state index in [0.717, 1.165) is 0 Å². The molecule has 0 aromatic rings. The van der Waals surface area contributed by atoms with E-state index in [0.29, 0.717) is 12.0 Å². The molecule has 7 fully saturated rings. The normalized spacial score (nSPS) is 56.1. The number of carbonyl (C=O) groups excluding carboxylic acids is 3. The first-order valence-corrected chi connectivity index (χ1v) is 16.2. The molecule has 5 aliphatic heterocycles. The van der Waals surface area contributed by atoms with Crippen LogP contribution >= 0.6 is 0 Å². The van der Waals surface area contributed by atoms with E-state index in [-0.39, 0.29) is 19.6 Å². The Hall–Kier alpha value is -2.59. The Morgan fingerprint density at radius 3 is 2.45 bits per heavy atom. The highest BCUT2D eigenvalue weighted by Gasteiger charge is 2.95. The molecule has 8 rings (SSSR count). The van der Waals surface area contributed by atoms with Gasteiger partial charge in [-0.2, -0.15) is 0 Å². The number of esters is 3. The number of ether oxygens (including phenoxy) is 8. The highest BCUT2D eigenvalue weighted by molar-refractivity contribution is 5.88. The molecule has 14 nitrogen and oxygen atoms in total. The molecule has 0 radical (unpaired) electrons. The largest absolute Gasteiger partial charge is 0.469 e. The zero-order valence-corrected chi connectivity index (χ0v) is 27.2. The summed E-state index contributed by atoms with van der Waals surface area (Å²) in [5, 5.41) is 36.3. The van der Waals surface area contributed by atoms with E-state index >= 15 is 0 Å². The predicted molar refractivity (Wildman–Crippen MR) is 154 cm³/mol. The number of allylic oxidation sites excluding steroid dienone is 1. The number of epoxide rings is 1. The van der Waals surface area contributed by atoms with Crippen LogP contribution in [0, 0.1) is 34.0 Å². The number of rotatable bonds is 5. The smallest absolute Gasteiger partial charge is 0.335 e. The lowest BCUT2D eigenvalue weighted by molar-refractivity contribution is -0.296. The van der Waals surface area contributed by atoms with Gasteiger partial charge in [0, 0.05) is 40.6 Å². The number of hydrogen-bond acceptors (Lipinski definition) is 14. The molecule has 3 N–H and O–H groups in total. The van der Waals surface area contributed by atoms with Crippen LogP contribution in [0.1, 0.15) is 40.5 Å². The number of fused-ring (bicyclic) bond motifs is 7. The monoisotopic (exact) mass is 662 g/mol. The number of aliphatic hydroxyl groups excluding tert-OH is 2. The molecule has 0 amide bonds. The van der Waals surface area contributed by atoms with E-state index in [2.05, 4.69) is 0 Å². The van der Waals surface area contributed by atoms with Gasteiger partial charge < -0.3 is 53.2 Å². The molecule has 1 spiro atoms. The highest BCUT2D eigenvalue weighted by atomic mass is 16.7. The van der Waals surface area contributed by atoms with Gasteiger partial charge in [-0.25, -0.2) is 9.59 Å². The van der Waals surface area contributed by atoms with E-state index < -0.39 is 112 Å². The highest BCUT2D eigenvalue weighted by Crippen LogP contribution is 2.82. The van der Waals surface area contributed by atoms with Gasteiger partial charge in [0.2, 0.25) is 6.29 Å². The lowest BCUT2D eigenvalue weighted by Gasteiger charge is -2.65. The topological polar surface area (TPSA) is 189 Å². The van der Waals surface area contributed by atoms with Crippen molar-refractivity contribution in [3.8, 4) is 0 Å². The van der Waals surface area contributed by atoms with Gasteiger partial charge in [-0.05, 0) is 33.3 Å². The molecule has 0 aromatic carbocycles. The molecule has 8 aliphatic rings. The Labute approximate surface area is 271 Å². The van der Waals surface area contributed by atoms with E-state index in [9.17, 15) is 29.7 Å². The average molecular weight is 663 g/mol. The molecular formula is C33H42O14. The van der Waals surface area contributed by atoms with Crippen molar-refractivity contribution in [3.05, 3.63) is 24.0 Å². The molecule has 5 heterocycles. The Morgan fingerprint density at radius 2 is 1.77 bits per heavy atom. The summed E-state index contributed by atoms with van der Waals surface area (Å²) in [6.07, 6.45) is -3.32. The molecule has 47 heavy (non-hydrogen) atoms. The SMILES string of the molecule is CC=C(C)C(=O)OC1CC(O)C2(C(=O)OC)COC3C2C12COC(C(=O)OC)C2C(C)(C12OC1(C)C1CC2OC2OC=CC21O)C3O. The van der Waals surface area contributed by atoms with Crippen LogP contribution in [0.25, 0.3) is 0 Å². The standard InChI is InChI=1S/C33H42O14/c1-7-14(2)24(36)45-17-11-16(34)30(26(38)41-6)12-43-19-22(30)31(17)13-44-20(25(37)40-5)21(31)28(3,23(19)35)33-18-10-15(29(33,4)47-33)32(39)8-9-42-27(32)46-18/h7-9,15-23,27,34-35,39H,10-13H2,1-6H3. The third-order valence-electron chi connectivity index (χ3n) is 13.8. The zero-order chi connectivity index (χ0) is 33.7. The van der Waals surface area contributed by atoms with Crippen molar-refractivity contribution in [2.24, 2.45) is 34.0 Å². The maximum Gasteiger partial charge on any atom is 0.335 e. The van der Waals surface area contributed by atoms with Crippen molar-refractivity contribution in [1.29, 1.82) is 0 Å². The number of carbonyl (C=O) groups is 3. The van der Waals surface area contributed by atoms with Crippen LogP contribution in [0.5, 0.6) is 0 Å². The lowest BCUT2D eigenvalue weighted by Crippen LogP contribution is -2.77. The van der Waals surface area contributed by atoms with Crippen molar-refractivity contribution in [2.45, 2.75) is 100 Å². The zero-order valence-electron chi connectivity index (χ0n) is 27.2. The van der Waals surface area contributed by atoms with Gasteiger partial charge in [-0.15, -0.1) is 0 Å². The van der Waals surface area contributed by atoms with Crippen LogP contribution < -0.4 is 0 Å². The van der Waals surface area contributed by atoms with Gasteiger partial charge in [0.15, 0.2) is 11.7 Å². The molecule has 2 bridgehead atoms. The predicted octanol–water partition coefficient (Wildman–Crippen LogP) is -0.0939. The van der Waals surface area contributed by atoms with Gasteiger partial charge in [0.1, 0.15) is 22.7 Å². The molecule has 3 aliphatic carbocycles. The van der Waals surface area contributed by atoms with Crippen LogP contribution in [-0.2, 0) is 52.3 Å². The van der Waals surface area contributed by atoms with Crippen molar-refractivity contribution in [3.63, 3.8) is 0 Å². The van der Waals surface area contributed by atoms with Gasteiger partial charge in [-0.1, -0.05) is 13.0 Å². The van der Waals surface area contributed by atoms with Crippen molar-refractivity contribution < 1.29 is 67.6 Å². The maximum atomic E-state index is 13.8. The minimum atomic E-state index is -1.68. The lowest BCUT2D eigenvalue weighted by atomic mass is 9.38. The summed E-state index contributed by atoms with van der Waals surface area (Å²) in [5.41, 5.74) is -8.13. The van der Waals surface area contributed by atoms with Crippen LogP contribution in [0.4, 0.5) is 0 Å². The quantitative estimate of drug-likeness (QED) is 0.153.